The van der Waals surface area contributed by atoms with Crippen LogP contribution in [0.3, 0.4) is 0 Å². The molecule has 0 heterocycles. The second kappa shape index (κ2) is 7.60. The van der Waals surface area contributed by atoms with E-state index in [2.05, 4.69) is 9.53 Å². The van der Waals surface area contributed by atoms with Gasteiger partial charge in [-0.25, -0.2) is 4.79 Å². The van der Waals surface area contributed by atoms with Crippen molar-refractivity contribution < 1.29 is 19.1 Å². The zero-order valence-corrected chi connectivity index (χ0v) is 12.2. The lowest BCUT2D eigenvalue weighted by Gasteiger charge is -2.22. The fourth-order valence-corrected chi connectivity index (χ4v) is 2.65. The Bertz CT molecular complexity index is 544. The van der Waals surface area contributed by atoms with Crippen LogP contribution in [0.2, 0.25) is 0 Å². The Morgan fingerprint density at radius 1 is 1.29 bits per heavy atom. The maximum atomic E-state index is 11.6. The Morgan fingerprint density at radius 3 is 2.67 bits per heavy atom. The Kier molecular flexibility index (Phi) is 5.52. The Labute approximate surface area is 124 Å². The summed E-state index contributed by atoms with van der Waals surface area (Å²) in [5.74, 6) is 0.409. The summed E-state index contributed by atoms with van der Waals surface area (Å²) < 4.78 is 10.5. The van der Waals surface area contributed by atoms with Crippen LogP contribution in [-0.2, 0) is 9.53 Å². The summed E-state index contributed by atoms with van der Waals surface area (Å²) in [7, 11) is 1.25. The van der Waals surface area contributed by atoms with Gasteiger partial charge in [-0.2, -0.15) is 4.79 Å². The summed E-state index contributed by atoms with van der Waals surface area (Å²) in [6.07, 6.45) is 6.17. The monoisotopic (exact) mass is 288 g/mol. The first-order valence-electron chi connectivity index (χ1n) is 7.28. The van der Waals surface area contributed by atoms with Crippen molar-refractivity contribution in [1.29, 1.82) is 0 Å². The van der Waals surface area contributed by atoms with Gasteiger partial charge in [0.25, 0.3) is 0 Å². The van der Waals surface area contributed by atoms with E-state index in [1.165, 1.54) is 39.2 Å². The van der Waals surface area contributed by atoms with Crippen LogP contribution in [0.4, 0.5) is 0 Å². The second-order valence-corrected chi connectivity index (χ2v) is 5.25. The van der Waals surface area contributed by atoms with Crippen molar-refractivity contribution in [2.24, 2.45) is 5.92 Å². The predicted octanol–water partition coefficient (Wildman–Crippen LogP) is 2.84. The quantitative estimate of drug-likeness (QED) is 0.362. The van der Waals surface area contributed by atoms with E-state index >= 15 is 0 Å². The highest BCUT2D eigenvalue weighted by atomic mass is 16.5. The minimum absolute atomic E-state index is 0.142. The van der Waals surface area contributed by atoms with Crippen LogP contribution in [0.15, 0.2) is 24.3 Å². The first-order chi connectivity index (χ1) is 10.3. The smallest absolute Gasteiger partial charge is 0.422 e. The lowest BCUT2D eigenvalue weighted by atomic mass is 9.90. The molecule has 0 saturated heterocycles. The molecule has 0 N–H and O–H groups in total. The maximum Gasteiger partial charge on any atom is 0.422 e. The number of hydrogen-bond donors (Lipinski definition) is 0. The number of carbonyl (C=O) groups is 1. The minimum Gasteiger partial charge on any atom is -0.492 e. The molecule has 1 saturated carbocycles. The first-order valence-corrected chi connectivity index (χ1v) is 7.28. The topological polar surface area (TPSA) is 71.9 Å². The minimum atomic E-state index is -0.689. The first kappa shape index (κ1) is 15.3. The molecule has 112 valence electrons. The zero-order valence-electron chi connectivity index (χ0n) is 12.2. The van der Waals surface area contributed by atoms with E-state index in [0.717, 1.165) is 0 Å². The van der Waals surface area contributed by atoms with Crippen molar-refractivity contribution >= 4 is 11.7 Å². The van der Waals surface area contributed by atoms with Crippen molar-refractivity contribution in [2.45, 2.75) is 32.1 Å². The number of ether oxygens (including phenoxy) is 2. The predicted molar refractivity (Wildman–Crippen MR) is 78.3 cm³/mol. The third-order valence-corrected chi connectivity index (χ3v) is 3.82. The van der Waals surface area contributed by atoms with Crippen molar-refractivity contribution in [3.05, 3.63) is 35.4 Å². The van der Waals surface area contributed by atoms with Gasteiger partial charge >= 0.3 is 11.7 Å². The molecule has 5 heteroatoms. The highest BCUT2D eigenvalue weighted by Crippen LogP contribution is 2.26. The molecule has 1 aromatic rings. The van der Waals surface area contributed by atoms with Crippen LogP contribution >= 0.6 is 0 Å². The summed E-state index contributed by atoms with van der Waals surface area (Å²) in [6, 6.07) is 7.04. The third-order valence-electron chi connectivity index (χ3n) is 3.82. The summed E-state index contributed by atoms with van der Waals surface area (Å²) in [5.41, 5.74) is 9.36. The summed E-state index contributed by atoms with van der Waals surface area (Å²) >= 11 is 0. The molecule has 0 radical (unpaired) electrons. The maximum absolute atomic E-state index is 11.6. The van der Waals surface area contributed by atoms with Gasteiger partial charge in [0, 0.05) is 0 Å². The van der Waals surface area contributed by atoms with Gasteiger partial charge < -0.3 is 15.0 Å². The highest BCUT2D eigenvalue weighted by Gasteiger charge is 2.27. The number of esters is 1. The van der Waals surface area contributed by atoms with E-state index in [-0.39, 0.29) is 5.71 Å². The Morgan fingerprint density at radius 2 is 2.00 bits per heavy atom. The van der Waals surface area contributed by atoms with E-state index in [0.29, 0.717) is 23.8 Å². The number of hydrogen-bond acceptors (Lipinski definition) is 3. The second-order valence-electron chi connectivity index (χ2n) is 5.25. The molecule has 5 nitrogen and oxygen atoms in total. The molecule has 1 aromatic carbocycles. The van der Waals surface area contributed by atoms with E-state index in [9.17, 15) is 4.79 Å². The largest absolute Gasteiger partial charge is 0.492 e. The van der Waals surface area contributed by atoms with Gasteiger partial charge in [-0.05, 0) is 30.9 Å². The van der Waals surface area contributed by atoms with Crippen LogP contribution in [-0.4, -0.2) is 30.2 Å². The van der Waals surface area contributed by atoms with E-state index in [1.54, 1.807) is 18.2 Å². The normalized spacial score (nSPS) is 15.1. The molecule has 0 spiro atoms. The number of methoxy groups -OCH3 is 1. The molecule has 0 aliphatic heterocycles. The average molecular weight is 288 g/mol. The average Bonchev–Trinajstić information content (AvgIpc) is 2.55. The van der Waals surface area contributed by atoms with Crippen LogP contribution in [0.1, 0.15) is 37.7 Å². The highest BCUT2D eigenvalue weighted by molar-refractivity contribution is 6.41. The lowest BCUT2D eigenvalue weighted by molar-refractivity contribution is -0.137. The fraction of sp³-hybridized carbons (Fsp3) is 0.500. The van der Waals surface area contributed by atoms with Crippen LogP contribution in [0, 0.1) is 5.92 Å². The van der Waals surface area contributed by atoms with Crippen LogP contribution < -0.4 is 4.74 Å². The van der Waals surface area contributed by atoms with Gasteiger partial charge in [0.2, 0.25) is 0 Å². The summed E-state index contributed by atoms with van der Waals surface area (Å²) in [6.45, 7) is 0.622. The Balaban J connectivity index is 2.12. The van der Waals surface area contributed by atoms with Gasteiger partial charge in [0.15, 0.2) is 0 Å². The van der Waals surface area contributed by atoms with Gasteiger partial charge in [-0.3, -0.25) is 0 Å². The zero-order chi connectivity index (χ0) is 15.1. The third kappa shape index (κ3) is 3.92. The number of nitrogens with zero attached hydrogens (tertiary/aromatic N) is 2. The van der Waals surface area contributed by atoms with Crippen molar-refractivity contribution in [1.82, 2.24) is 0 Å². The molecule has 0 bridgehead atoms. The number of benzene rings is 1. The van der Waals surface area contributed by atoms with Gasteiger partial charge in [-0.1, -0.05) is 31.4 Å². The van der Waals surface area contributed by atoms with Crippen molar-refractivity contribution in [3.8, 4) is 5.75 Å². The van der Waals surface area contributed by atoms with Gasteiger partial charge in [-0.15, -0.1) is 0 Å². The SMILES string of the molecule is COC(=O)C(=[N+]=[N-])c1ccccc1OCC1CCCCC1. The molecule has 1 aliphatic carbocycles. The van der Waals surface area contributed by atoms with Gasteiger partial charge in [0.1, 0.15) is 11.3 Å². The van der Waals surface area contributed by atoms with Crippen LogP contribution in [0.5, 0.6) is 5.75 Å². The lowest BCUT2D eigenvalue weighted by Crippen LogP contribution is -2.21. The molecule has 2 rings (SSSR count). The molecular weight excluding hydrogens is 268 g/mol. The van der Waals surface area contributed by atoms with Crippen molar-refractivity contribution in [3.63, 3.8) is 0 Å². The molecule has 0 aromatic heterocycles. The van der Waals surface area contributed by atoms with Crippen LogP contribution in [0.25, 0.3) is 5.53 Å². The van der Waals surface area contributed by atoms with E-state index in [1.807, 2.05) is 6.07 Å². The standard InChI is InChI=1S/C16H20N2O3/c1-20-16(19)15(18-17)13-9-5-6-10-14(13)21-11-12-7-3-2-4-8-12/h5-6,9-10,12H,2-4,7-8,11H2,1H3. The molecule has 1 fully saturated rings. The molecule has 21 heavy (non-hydrogen) atoms. The fourth-order valence-electron chi connectivity index (χ4n) is 2.65. The molecular formula is C16H20N2O3. The molecule has 0 unspecified atom stereocenters. The summed E-state index contributed by atoms with van der Waals surface area (Å²) in [4.78, 5) is 14.7. The van der Waals surface area contributed by atoms with Crippen molar-refractivity contribution in [2.75, 3.05) is 13.7 Å². The summed E-state index contributed by atoms with van der Waals surface area (Å²) in [5, 5.41) is 0. The number of rotatable bonds is 5. The Hall–Kier alpha value is -2.13. The molecule has 1 aliphatic rings. The van der Waals surface area contributed by atoms with Gasteiger partial charge in [0.05, 0.1) is 13.7 Å². The molecule has 0 amide bonds. The molecule has 0 atom stereocenters. The number of carbonyl (C=O) groups excluding carboxylic acids is 1. The van der Waals surface area contributed by atoms with E-state index in [4.69, 9.17) is 10.3 Å². The van der Waals surface area contributed by atoms with E-state index < -0.39 is 5.97 Å². The number of para-hydroxylation sites is 1.